The van der Waals surface area contributed by atoms with Crippen LogP contribution in [0, 0.1) is 5.92 Å². The summed E-state index contributed by atoms with van der Waals surface area (Å²) in [6, 6.07) is 0. The van der Waals surface area contributed by atoms with E-state index in [2.05, 4.69) is 31.2 Å². The first-order valence-corrected chi connectivity index (χ1v) is 4.94. The van der Waals surface area contributed by atoms with E-state index < -0.39 is 0 Å². The predicted molar refractivity (Wildman–Crippen MR) is 51.3 cm³/mol. The van der Waals surface area contributed by atoms with Crippen LogP contribution in [0.2, 0.25) is 0 Å². The molecule has 1 aliphatic carbocycles. The van der Waals surface area contributed by atoms with E-state index in [1.807, 2.05) is 0 Å². The van der Waals surface area contributed by atoms with Crippen LogP contribution in [0.25, 0.3) is 0 Å². The molecule has 0 fully saturated rings. The lowest BCUT2D eigenvalue weighted by molar-refractivity contribution is 0.435. The van der Waals surface area contributed by atoms with Gasteiger partial charge in [0.15, 0.2) is 0 Å². The van der Waals surface area contributed by atoms with E-state index in [9.17, 15) is 0 Å². The first-order chi connectivity index (χ1) is 5.79. The molecule has 1 unspecified atom stereocenters. The minimum Gasteiger partial charge on any atom is -0.367 e. The Hall–Kier alpha value is -0.720. The fraction of sp³-hybridized carbons (Fsp3) is 0.636. The highest BCUT2D eigenvalue weighted by Crippen LogP contribution is 2.36. The van der Waals surface area contributed by atoms with E-state index in [0.717, 1.165) is 11.8 Å². The van der Waals surface area contributed by atoms with Crippen molar-refractivity contribution in [2.45, 2.75) is 39.0 Å². The van der Waals surface area contributed by atoms with Crippen LogP contribution < -0.4 is 0 Å². The second kappa shape index (κ2) is 2.96. The Balaban J connectivity index is 2.31. The average Bonchev–Trinajstić information content (AvgIpc) is 2.49. The van der Waals surface area contributed by atoms with Gasteiger partial charge in [-0.15, -0.1) is 0 Å². The lowest BCUT2D eigenvalue weighted by Gasteiger charge is -2.25. The van der Waals surface area contributed by atoms with Crippen LogP contribution in [0.5, 0.6) is 0 Å². The van der Waals surface area contributed by atoms with Gasteiger partial charge in [0.25, 0.3) is 0 Å². The van der Waals surface area contributed by atoms with Crippen LogP contribution in [0.3, 0.4) is 0 Å². The number of aryl methyl sites for hydroxylation is 1. The van der Waals surface area contributed by atoms with Gasteiger partial charge in [-0.05, 0) is 42.2 Å². The standard InChI is InChI=1S/C11H17N/c1-8(2)10-5-3-4-9-6-12-7-11(9)10/h6-8,10,12H,3-5H2,1-2H3. The third kappa shape index (κ3) is 1.17. The van der Waals surface area contributed by atoms with Crippen LogP contribution >= 0.6 is 0 Å². The van der Waals surface area contributed by atoms with E-state index >= 15 is 0 Å². The molecule has 0 aliphatic heterocycles. The predicted octanol–water partition coefficient (Wildman–Crippen LogP) is 3.09. The number of aromatic nitrogens is 1. The summed E-state index contributed by atoms with van der Waals surface area (Å²) >= 11 is 0. The van der Waals surface area contributed by atoms with E-state index in [4.69, 9.17) is 0 Å². The second-order valence-electron chi connectivity index (χ2n) is 4.18. The Morgan fingerprint density at radius 2 is 2.25 bits per heavy atom. The van der Waals surface area contributed by atoms with Crippen molar-refractivity contribution in [2.24, 2.45) is 5.92 Å². The molecule has 2 rings (SSSR count). The largest absolute Gasteiger partial charge is 0.367 e. The highest BCUT2D eigenvalue weighted by molar-refractivity contribution is 5.29. The minimum atomic E-state index is 0.792. The molecule has 0 bridgehead atoms. The van der Waals surface area contributed by atoms with E-state index in [1.165, 1.54) is 19.3 Å². The van der Waals surface area contributed by atoms with Gasteiger partial charge in [0.05, 0.1) is 0 Å². The fourth-order valence-corrected chi connectivity index (χ4v) is 2.33. The molecule has 1 aliphatic rings. The molecule has 1 aromatic rings. The number of hydrogen-bond acceptors (Lipinski definition) is 0. The van der Waals surface area contributed by atoms with Crippen molar-refractivity contribution < 1.29 is 0 Å². The summed E-state index contributed by atoms with van der Waals surface area (Å²) < 4.78 is 0. The summed E-state index contributed by atoms with van der Waals surface area (Å²) in [4.78, 5) is 3.23. The molecular weight excluding hydrogens is 146 g/mol. The molecule has 1 nitrogen and oxygen atoms in total. The summed E-state index contributed by atoms with van der Waals surface area (Å²) in [7, 11) is 0. The maximum atomic E-state index is 3.23. The third-order valence-electron chi connectivity index (χ3n) is 3.03. The first kappa shape index (κ1) is 7.90. The van der Waals surface area contributed by atoms with Crippen molar-refractivity contribution in [1.29, 1.82) is 0 Å². The molecule has 1 atom stereocenters. The summed E-state index contributed by atoms with van der Waals surface area (Å²) in [5.41, 5.74) is 3.14. The molecule has 1 heterocycles. The summed E-state index contributed by atoms with van der Waals surface area (Å²) in [6.07, 6.45) is 8.39. The van der Waals surface area contributed by atoms with Gasteiger partial charge in [-0.2, -0.15) is 0 Å². The molecular formula is C11H17N. The highest BCUT2D eigenvalue weighted by atomic mass is 14.6. The number of fused-ring (bicyclic) bond motifs is 1. The topological polar surface area (TPSA) is 15.8 Å². The zero-order chi connectivity index (χ0) is 8.55. The first-order valence-electron chi connectivity index (χ1n) is 4.94. The average molecular weight is 163 g/mol. The zero-order valence-corrected chi connectivity index (χ0v) is 7.93. The van der Waals surface area contributed by atoms with Crippen LogP contribution in [0.4, 0.5) is 0 Å². The van der Waals surface area contributed by atoms with Crippen LogP contribution in [-0.2, 0) is 6.42 Å². The number of hydrogen-bond donors (Lipinski definition) is 1. The molecule has 0 aromatic carbocycles. The minimum absolute atomic E-state index is 0.792. The van der Waals surface area contributed by atoms with Gasteiger partial charge in [0.2, 0.25) is 0 Å². The van der Waals surface area contributed by atoms with Crippen LogP contribution in [-0.4, -0.2) is 4.98 Å². The van der Waals surface area contributed by atoms with Gasteiger partial charge in [0, 0.05) is 12.4 Å². The number of nitrogens with one attached hydrogen (secondary N) is 1. The summed E-state index contributed by atoms with van der Waals surface area (Å²) in [6.45, 7) is 4.65. The molecule has 1 aromatic heterocycles. The Labute approximate surface area is 74.2 Å². The van der Waals surface area contributed by atoms with Gasteiger partial charge < -0.3 is 4.98 Å². The van der Waals surface area contributed by atoms with Crippen molar-refractivity contribution in [1.82, 2.24) is 4.98 Å². The molecule has 1 N–H and O–H groups in total. The Morgan fingerprint density at radius 1 is 1.42 bits per heavy atom. The Kier molecular flexibility index (Phi) is 1.95. The van der Waals surface area contributed by atoms with Gasteiger partial charge in [-0.25, -0.2) is 0 Å². The van der Waals surface area contributed by atoms with Gasteiger partial charge in [-0.1, -0.05) is 13.8 Å². The van der Waals surface area contributed by atoms with Crippen molar-refractivity contribution in [2.75, 3.05) is 0 Å². The molecule has 0 radical (unpaired) electrons. The van der Waals surface area contributed by atoms with Crippen LogP contribution in [0.15, 0.2) is 12.4 Å². The van der Waals surface area contributed by atoms with E-state index in [1.54, 1.807) is 11.1 Å². The van der Waals surface area contributed by atoms with Crippen molar-refractivity contribution >= 4 is 0 Å². The number of H-pyrrole nitrogens is 1. The lowest BCUT2D eigenvalue weighted by Crippen LogP contribution is -2.12. The molecule has 0 saturated heterocycles. The highest BCUT2D eigenvalue weighted by Gasteiger charge is 2.22. The van der Waals surface area contributed by atoms with Crippen LogP contribution in [0.1, 0.15) is 43.7 Å². The maximum Gasteiger partial charge on any atom is 0.00431 e. The zero-order valence-electron chi connectivity index (χ0n) is 7.93. The van der Waals surface area contributed by atoms with Crippen molar-refractivity contribution in [3.8, 4) is 0 Å². The van der Waals surface area contributed by atoms with E-state index in [-0.39, 0.29) is 0 Å². The molecule has 66 valence electrons. The lowest BCUT2D eigenvalue weighted by atomic mass is 9.79. The van der Waals surface area contributed by atoms with Gasteiger partial charge in [-0.3, -0.25) is 0 Å². The number of aromatic amines is 1. The monoisotopic (exact) mass is 163 g/mol. The van der Waals surface area contributed by atoms with Crippen molar-refractivity contribution in [3.05, 3.63) is 23.5 Å². The summed E-state index contributed by atoms with van der Waals surface area (Å²) in [5, 5.41) is 0. The molecule has 0 amide bonds. The summed E-state index contributed by atoms with van der Waals surface area (Å²) in [5.74, 6) is 1.60. The molecule has 0 saturated carbocycles. The second-order valence-corrected chi connectivity index (χ2v) is 4.18. The Morgan fingerprint density at radius 3 is 3.00 bits per heavy atom. The Bertz CT molecular complexity index is 260. The normalized spacial score (nSPS) is 22.8. The fourth-order valence-electron chi connectivity index (χ4n) is 2.33. The van der Waals surface area contributed by atoms with Crippen molar-refractivity contribution in [3.63, 3.8) is 0 Å². The maximum absolute atomic E-state index is 3.23. The molecule has 0 spiro atoms. The molecule has 1 heteroatoms. The number of rotatable bonds is 1. The molecule has 12 heavy (non-hydrogen) atoms. The SMILES string of the molecule is CC(C)C1CCCc2c[nH]cc21. The van der Waals surface area contributed by atoms with Gasteiger partial charge in [0.1, 0.15) is 0 Å². The quantitative estimate of drug-likeness (QED) is 0.654. The third-order valence-corrected chi connectivity index (χ3v) is 3.03. The van der Waals surface area contributed by atoms with E-state index in [0.29, 0.717) is 0 Å². The smallest absolute Gasteiger partial charge is 0.00431 e. The van der Waals surface area contributed by atoms with Gasteiger partial charge >= 0.3 is 0 Å².